The third kappa shape index (κ3) is 2.15. The van der Waals surface area contributed by atoms with Crippen LogP contribution in [0.3, 0.4) is 0 Å². The van der Waals surface area contributed by atoms with Crippen LogP contribution in [0, 0.1) is 0 Å². The van der Waals surface area contributed by atoms with Crippen molar-refractivity contribution in [3.05, 3.63) is 114 Å². The van der Waals surface area contributed by atoms with Crippen molar-refractivity contribution in [3.63, 3.8) is 0 Å². The average Bonchev–Trinajstić information content (AvgIpc) is 3.59. The molecule has 0 bridgehead atoms. The highest BCUT2D eigenvalue weighted by atomic mass is 15.2. The molecule has 10 rings (SSSR count). The molecule has 2 heterocycles. The molecule has 0 unspecified atom stereocenters. The van der Waals surface area contributed by atoms with Crippen LogP contribution < -0.4 is 0 Å². The van der Waals surface area contributed by atoms with Crippen molar-refractivity contribution >= 4 is 65.2 Å². The van der Waals surface area contributed by atoms with Gasteiger partial charge in [0.25, 0.3) is 0 Å². The largest absolute Gasteiger partial charge is 0.279 e. The standard InChI is InChI=1S/C36H23N3/c1-36(2)23-16-12-20-14-18-27-33-29(20)31(23)32-24(36)17-13-21-15-19-28(34(33)30(21)32)39(27)35-37-25-10-6-7-11-26(25)38(35)22-8-4-3-5-9-22/h3-19H,1-2H3. The molecular formula is C36H23N3. The molecule has 1 aliphatic carbocycles. The smallest absolute Gasteiger partial charge is 0.220 e. The zero-order valence-electron chi connectivity index (χ0n) is 21.7. The predicted molar refractivity (Wildman–Crippen MR) is 162 cm³/mol. The van der Waals surface area contributed by atoms with Crippen molar-refractivity contribution in [1.29, 1.82) is 0 Å². The number of para-hydroxylation sites is 3. The molecule has 0 amide bonds. The Bertz CT molecular complexity index is 2340. The Morgan fingerprint density at radius 2 is 1.05 bits per heavy atom. The van der Waals surface area contributed by atoms with Gasteiger partial charge in [0.2, 0.25) is 5.95 Å². The molecule has 9 aromatic rings. The van der Waals surface area contributed by atoms with Gasteiger partial charge in [-0.15, -0.1) is 0 Å². The van der Waals surface area contributed by atoms with Crippen molar-refractivity contribution < 1.29 is 0 Å². The van der Waals surface area contributed by atoms with Crippen LogP contribution >= 0.6 is 0 Å². The normalized spacial score (nSPS) is 14.6. The lowest BCUT2D eigenvalue weighted by atomic mass is 9.81. The summed E-state index contributed by atoms with van der Waals surface area (Å²) in [5.41, 5.74) is 8.52. The van der Waals surface area contributed by atoms with Crippen molar-refractivity contribution in [2.45, 2.75) is 19.3 Å². The summed E-state index contributed by atoms with van der Waals surface area (Å²) in [5, 5.41) is 11.0. The summed E-state index contributed by atoms with van der Waals surface area (Å²) in [6.07, 6.45) is 0. The van der Waals surface area contributed by atoms with Crippen molar-refractivity contribution in [2.24, 2.45) is 0 Å². The molecule has 0 saturated carbocycles. The Hall–Kier alpha value is -4.89. The maximum absolute atomic E-state index is 5.28. The zero-order chi connectivity index (χ0) is 25.6. The van der Waals surface area contributed by atoms with Crippen LogP contribution in [0.2, 0.25) is 0 Å². The molecule has 3 heteroatoms. The first-order chi connectivity index (χ1) is 19.1. The Labute approximate surface area is 224 Å². The lowest BCUT2D eigenvalue weighted by molar-refractivity contribution is 0.663. The first-order valence-corrected chi connectivity index (χ1v) is 13.7. The van der Waals surface area contributed by atoms with Gasteiger partial charge in [-0.3, -0.25) is 9.13 Å². The molecule has 0 saturated heterocycles. The first kappa shape index (κ1) is 20.1. The highest BCUT2D eigenvalue weighted by molar-refractivity contribution is 6.42. The van der Waals surface area contributed by atoms with E-state index in [0.717, 1.165) is 22.7 Å². The number of aromatic nitrogens is 3. The fourth-order valence-corrected chi connectivity index (χ4v) is 7.74. The quantitative estimate of drug-likeness (QED) is 0.172. The van der Waals surface area contributed by atoms with E-state index in [2.05, 4.69) is 126 Å². The molecular weight excluding hydrogens is 474 g/mol. The van der Waals surface area contributed by atoms with Gasteiger partial charge >= 0.3 is 0 Å². The van der Waals surface area contributed by atoms with Gasteiger partial charge in [-0.2, -0.15) is 0 Å². The van der Waals surface area contributed by atoms with Gasteiger partial charge in [-0.25, -0.2) is 4.98 Å². The second-order valence-electron chi connectivity index (χ2n) is 11.6. The molecule has 2 aromatic heterocycles. The van der Waals surface area contributed by atoms with E-state index in [4.69, 9.17) is 4.98 Å². The number of rotatable bonds is 2. The first-order valence-electron chi connectivity index (χ1n) is 13.7. The van der Waals surface area contributed by atoms with Gasteiger partial charge < -0.3 is 0 Å². The Kier molecular flexibility index (Phi) is 3.30. The lowest BCUT2D eigenvalue weighted by Gasteiger charge is -2.22. The van der Waals surface area contributed by atoms with Crippen LogP contribution in [-0.2, 0) is 5.41 Å². The summed E-state index contributed by atoms with van der Waals surface area (Å²) in [6, 6.07) is 37.7. The van der Waals surface area contributed by atoms with Crippen LogP contribution in [0.5, 0.6) is 0 Å². The van der Waals surface area contributed by atoms with Crippen LogP contribution in [0.15, 0.2) is 103 Å². The van der Waals surface area contributed by atoms with Gasteiger partial charge in [0.05, 0.1) is 22.1 Å². The van der Waals surface area contributed by atoms with E-state index in [-0.39, 0.29) is 5.41 Å². The minimum Gasteiger partial charge on any atom is -0.279 e. The topological polar surface area (TPSA) is 22.8 Å². The van der Waals surface area contributed by atoms with Gasteiger partial charge in [0.15, 0.2) is 0 Å². The molecule has 1 aliphatic rings. The van der Waals surface area contributed by atoms with Crippen molar-refractivity contribution in [1.82, 2.24) is 14.1 Å². The molecule has 0 N–H and O–H groups in total. The number of hydrogen-bond donors (Lipinski definition) is 0. The van der Waals surface area contributed by atoms with E-state index in [1.54, 1.807) is 0 Å². The Morgan fingerprint density at radius 1 is 0.487 bits per heavy atom. The Balaban J connectivity index is 1.49. The number of benzene rings is 7. The highest BCUT2D eigenvalue weighted by Crippen LogP contribution is 2.56. The van der Waals surface area contributed by atoms with E-state index in [1.807, 2.05) is 0 Å². The van der Waals surface area contributed by atoms with E-state index >= 15 is 0 Å². The third-order valence-corrected chi connectivity index (χ3v) is 9.41. The number of imidazole rings is 1. The average molecular weight is 498 g/mol. The van der Waals surface area contributed by atoms with Crippen LogP contribution in [-0.4, -0.2) is 14.1 Å². The Morgan fingerprint density at radius 3 is 1.69 bits per heavy atom. The molecule has 39 heavy (non-hydrogen) atoms. The third-order valence-electron chi connectivity index (χ3n) is 9.41. The molecule has 0 aliphatic heterocycles. The molecule has 7 aromatic carbocycles. The van der Waals surface area contributed by atoms with Crippen molar-refractivity contribution in [2.75, 3.05) is 0 Å². The summed E-state index contributed by atoms with van der Waals surface area (Å²) in [7, 11) is 0. The molecule has 3 nitrogen and oxygen atoms in total. The number of fused-ring (bicyclic) bond motifs is 1. The monoisotopic (exact) mass is 497 g/mol. The summed E-state index contributed by atoms with van der Waals surface area (Å²) < 4.78 is 4.71. The summed E-state index contributed by atoms with van der Waals surface area (Å²) in [6.45, 7) is 4.77. The lowest BCUT2D eigenvalue weighted by Crippen LogP contribution is -2.15. The maximum Gasteiger partial charge on any atom is 0.220 e. The van der Waals surface area contributed by atoms with E-state index in [0.29, 0.717) is 0 Å². The summed E-state index contributed by atoms with van der Waals surface area (Å²) in [5.74, 6) is 0.927. The van der Waals surface area contributed by atoms with Crippen LogP contribution in [0.4, 0.5) is 0 Å². The molecule has 0 spiro atoms. The summed E-state index contributed by atoms with van der Waals surface area (Å²) >= 11 is 0. The van der Waals surface area contributed by atoms with E-state index in [9.17, 15) is 0 Å². The van der Waals surface area contributed by atoms with Gasteiger partial charge in [0, 0.05) is 21.9 Å². The van der Waals surface area contributed by atoms with Crippen molar-refractivity contribution in [3.8, 4) is 11.6 Å². The fraction of sp³-hybridized carbons (Fsp3) is 0.0833. The molecule has 0 radical (unpaired) electrons. The molecule has 182 valence electrons. The minimum absolute atomic E-state index is 0.0158. The summed E-state index contributed by atoms with van der Waals surface area (Å²) in [4.78, 5) is 5.28. The fourth-order valence-electron chi connectivity index (χ4n) is 7.74. The SMILES string of the molecule is CC1(C)c2ccc3ccc4c5c3c2c2c1ccc1ccc(c5c12)n4-c1nc2ccccc2n1-c1ccccc1. The van der Waals surface area contributed by atoms with Gasteiger partial charge in [-0.05, 0) is 79.8 Å². The maximum atomic E-state index is 5.28. The minimum atomic E-state index is -0.0158. The number of nitrogens with zero attached hydrogens (tertiary/aromatic N) is 3. The zero-order valence-corrected chi connectivity index (χ0v) is 21.7. The molecule has 0 fully saturated rings. The van der Waals surface area contributed by atoms with Gasteiger partial charge in [0.1, 0.15) is 0 Å². The molecule has 0 atom stereocenters. The second-order valence-corrected chi connectivity index (χ2v) is 11.6. The van der Waals surface area contributed by atoms with E-state index in [1.165, 1.54) is 65.3 Å². The predicted octanol–water partition coefficient (Wildman–Crippen LogP) is 9.10. The van der Waals surface area contributed by atoms with Crippen LogP contribution in [0.25, 0.3) is 76.8 Å². The van der Waals surface area contributed by atoms with E-state index < -0.39 is 0 Å². The van der Waals surface area contributed by atoms with Gasteiger partial charge in [-0.1, -0.05) is 80.6 Å². The second kappa shape index (κ2) is 6.39. The highest BCUT2D eigenvalue weighted by Gasteiger charge is 2.37. The number of hydrogen-bond acceptors (Lipinski definition) is 1. The van der Waals surface area contributed by atoms with Crippen LogP contribution in [0.1, 0.15) is 25.0 Å².